The zero-order chi connectivity index (χ0) is 30.7. The fourth-order valence-electron chi connectivity index (χ4n) is 5.74. The highest BCUT2D eigenvalue weighted by molar-refractivity contribution is 6.30. The number of nitrogens with one attached hydrogen (secondary N) is 1. The van der Waals surface area contributed by atoms with Crippen molar-refractivity contribution in [2.24, 2.45) is 5.41 Å². The van der Waals surface area contributed by atoms with Gasteiger partial charge in [0.1, 0.15) is 6.61 Å². The van der Waals surface area contributed by atoms with E-state index in [2.05, 4.69) is 19.2 Å². The molecule has 1 aliphatic heterocycles. The fourth-order valence-corrected chi connectivity index (χ4v) is 5.86. The van der Waals surface area contributed by atoms with Crippen LogP contribution in [0.25, 0.3) is 0 Å². The van der Waals surface area contributed by atoms with Crippen molar-refractivity contribution >= 4 is 40.6 Å². The second-order valence-electron chi connectivity index (χ2n) is 11.6. The van der Waals surface area contributed by atoms with E-state index in [9.17, 15) is 19.5 Å². The second-order valence-corrected chi connectivity index (χ2v) is 12.0. The highest BCUT2D eigenvalue weighted by Gasteiger charge is 2.43. The lowest BCUT2D eigenvalue weighted by Crippen LogP contribution is -2.39. The van der Waals surface area contributed by atoms with Gasteiger partial charge in [0.15, 0.2) is 17.3 Å². The third-order valence-corrected chi connectivity index (χ3v) is 7.87. The van der Waals surface area contributed by atoms with Gasteiger partial charge >= 0.3 is 5.97 Å². The van der Waals surface area contributed by atoms with Gasteiger partial charge in [-0.1, -0.05) is 55.8 Å². The maximum absolute atomic E-state index is 13.9. The zero-order valence-electron chi connectivity index (χ0n) is 24.5. The molecule has 8 nitrogen and oxygen atoms in total. The molecule has 3 aromatic carbocycles. The number of fused-ring (bicyclic) bond motifs is 1. The van der Waals surface area contributed by atoms with Crippen LogP contribution in [0.5, 0.6) is 11.5 Å². The Labute approximate surface area is 256 Å². The molecule has 9 heteroatoms. The van der Waals surface area contributed by atoms with Gasteiger partial charge < -0.3 is 19.9 Å². The molecule has 5 rings (SSSR count). The van der Waals surface area contributed by atoms with Crippen LogP contribution < -0.4 is 19.7 Å². The number of para-hydroxylation sites is 2. The first-order valence-electron chi connectivity index (χ1n) is 14.4. The van der Waals surface area contributed by atoms with Crippen molar-refractivity contribution in [2.45, 2.75) is 59.1 Å². The molecular weight excluding hydrogens is 568 g/mol. The molecule has 0 radical (unpaired) electrons. The molecule has 0 spiro atoms. The van der Waals surface area contributed by atoms with E-state index in [0.29, 0.717) is 65.1 Å². The van der Waals surface area contributed by atoms with E-state index in [0.717, 1.165) is 11.3 Å². The summed E-state index contributed by atoms with van der Waals surface area (Å²) in [7, 11) is 0. The van der Waals surface area contributed by atoms with Crippen LogP contribution in [0.4, 0.5) is 11.4 Å². The fraction of sp³-hybridized carbons (Fsp3) is 0.324. The number of Topliss-reactive ketones (excluding diaryl/α,β-unsaturated/α-hetero) is 1. The lowest BCUT2D eigenvalue weighted by molar-refractivity contribution is -0.138. The summed E-state index contributed by atoms with van der Waals surface area (Å²) in [5.74, 6) is -0.532. The van der Waals surface area contributed by atoms with Gasteiger partial charge in [0.25, 0.3) is 0 Å². The van der Waals surface area contributed by atoms with Crippen molar-refractivity contribution in [2.75, 3.05) is 16.8 Å². The summed E-state index contributed by atoms with van der Waals surface area (Å²) in [6, 6.07) is 19.4. The SMILES string of the molecule is CCOc1cc(C2C3=C(CC(C)(C)CC3=O)Nc3ccccc3N2C(=O)CCC(=O)O)ccc1OCc1ccc(Cl)cc1. The maximum Gasteiger partial charge on any atom is 0.303 e. The van der Waals surface area contributed by atoms with E-state index in [1.807, 2.05) is 55.5 Å². The highest BCUT2D eigenvalue weighted by Crippen LogP contribution is 2.49. The van der Waals surface area contributed by atoms with E-state index < -0.39 is 17.9 Å². The Morgan fingerprint density at radius 1 is 1.00 bits per heavy atom. The molecule has 3 aromatic rings. The molecule has 2 aliphatic rings. The van der Waals surface area contributed by atoms with Crippen molar-refractivity contribution in [3.8, 4) is 11.5 Å². The number of benzene rings is 3. The highest BCUT2D eigenvalue weighted by atomic mass is 35.5. The predicted molar refractivity (Wildman–Crippen MR) is 166 cm³/mol. The van der Waals surface area contributed by atoms with Crippen molar-refractivity contribution in [3.63, 3.8) is 0 Å². The molecule has 0 bridgehead atoms. The van der Waals surface area contributed by atoms with Gasteiger partial charge in [0.05, 0.1) is 30.4 Å². The second kappa shape index (κ2) is 12.5. The molecular formula is C34H35ClN2O6. The molecule has 224 valence electrons. The van der Waals surface area contributed by atoms with Crippen LogP contribution in [-0.2, 0) is 21.0 Å². The molecule has 1 heterocycles. The van der Waals surface area contributed by atoms with Gasteiger partial charge in [-0.05, 0) is 66.3 Å². The van der Waals surface area contributed by atoms with Crippen molar-refractivity contribution < 1.29 is 29.0 Å². The number of carbonyl (C=O) groups is 3. The number of carboxylic acid groups (broad SMARTS) is 1. The average molecular weight is 603 g/mol. The Hall–Kier alpha value is -4.30. The number of carboxylic acids is 1. The lowest BCUT2D eigenvalue weighted by Gasteiger charge is -2.37. The van der Waals surface area contributed by atoms with Gasteiger partial charge in [-0.25, -0.2) is 0 Å². The van der Waals surface area contributed by atoms with Crippen LogP contribution in [0.15, 0.2) is 78.0 Å². The Morgan fingerprint density at radius 2 is 1.74 bits per heavy atom. The minimum absolute atomic E-state index is 0.0615. The Balaban J connectivity index is 1.63. The molecule has 1 atom stereocenters. The molecule has 1 aliphatic carbocycles. The maximum atomic E-state index is 13.9. The Morgan fingerprint density at radius 3 is 2.47 bits per heavy atom. The summed E-state index contributed by atoms with van der Waals surface area (Å²) in [5.41, 5.74) is 3.82. The molecule has 0 aromatic heterocycles. The van der Waals surface area contributed by atoms with Gasteiger partial charge in [0.2, 0.25) is 5.91 Å². The number of hydrogen-bond donors (Lipinski definition) is 2. The molecule has 43 heavy (non-hydrogen) atoms. The summed E-state index contributed by atoms with van der Waals surface area (Å²) < 4.78 is 12.1. The lowest BCUT2D eigenvalue weighted by atomic mass is 9.73. The van der Waals surface area contributed by atoms with E-state index in [-0.39, 0.29) is 24.0 Å². The molecule has 0 saturated heterocycles. The minimum atomic E-state index is -1.07. The van der Waals surface area contributed by atoms with Gasteiger partial charge in [-0.2, -0.15) is 0 Å². The van der Waals surface area contributed by atoms with Gasteiger partial charge in [-0.3, -0.25) is 19.3 Å². The number of ketones is 1. The number of halogens is 1. The van der Waals surface area contributed by atoms with Crippen LogP contribution in [-0.4, -0.2) is 29.4 Å². The zero-order valence-corrected chi connectivity index (χ0v) is 25.2. The summed E-state index contributed by atoms with van der Waals surface area (Å²) in [4.78, 5) is 40.9. The Bertz CT molecular complexity index is 1580. The number of amides is 1. The number of nitrogens with zero attached hydrogens (tertiary/aromatic N) is 1. The molecule has 1 unspecified atom stereocenters. The number of carbonyl (C=O) groups excluding carboxylic acids is 2. The van der Waals surface area contributed by atoms with E-state index in [1.165, 1.54) is 0 Å². The van der Waals surface area contributed by atoms with Crippen LogP contribution in [0.3, 0.4) is 0 Å². The number of allylic oxidation sites excluding steroid dienone is 1. The standard InChI is InChI=1S/C34H35ClN2O6/c1-4-42-29-17-22(11-14-28(29)43-20-21-9-12-23(35)13-10-21)33-32-25(18-34(2,3)19-27(32)38)36-24-7-5-6-8-26(24)37(33)30(39)15-16-31(40)41/h5-14,17,33,36H,4,15-16,18-20H2,1-3H3,(H,40,41). The quantitative estimate of drug-likeness (QED) is 0.264. The van der Waals surface area contributed by atoms with Crippen molar-refractivity contribution in [1.29, 1.82) is 0 Å². The minimum Gasteiger partial charge on any atom is -0.490 e. The van der Waals surface area contributed by atoms with Crippen LogP contribution in [0, 0.1) is 5.41 Å². The first-order chi connectivity index (χ1) is 20.6. The van der Waals surface area contributed by atoms with Gasteiger partial charge in [-0.15, -0.1) is 0 Å². The summed E-state index contributed by atoms with van der Waals surface area (Å²) in [6.07, 6.45) is 0.379. The van der Waals surface area contributed by atoms with Crippen LogP contribution in [0.1, 0.15) is 63.6 Å². The number of anilines is 2. The summed E-state index contributed by atoms with van der Waals surface area (Å²) in [5, 5.41) is 13.5. The predicted octanol–water partition coefficient (Wildman–Crippen LogP) is 7.33. The molecule has 2 N–H and O–H groups in total. The smallest absolute Gasteiger partial charge is 0.303 e. The number of ether oxygens (including phenoxy) is 2. The number of rotatable bonds is 9. The van der Waals surface area contributed by atoms with Gasteiger partial charge in [0, 0.05) is 29.1 Å². The van der Waals surface area contributed by atoms with Crippen molar-refractivity contribution in [1.82, 2.24) is 0 Å². The summed E-state index contributed by atoms with van der Waals surface area (Å²) in [6.45, 7) is 6.64. The van der Waals surface area contributed by atoms with Crippen LogP contribution in [0.2, 0.25) is 5.02 Å². The normalized spacial score (nSPS) is 17.3. The largest absolute Gasteiger partial charge is 0.490 e. The average Bonchev–Trinajstić information content (AvgIpc) is 3.10. The Kier molecular flexibility index (Phi) is 8.78. The molecule has 0 saturated carbocycles. The monoisotopic (exact) mass is 602 g/mol. The first kappa shape index (κ1) is 30.2. The van der Waals surface area contributed by atoms with E-state index in [4.69, 9.17) is 21.1 Å². The van der Waals surface area contributed by atoms with E-state index >= 15 is 0 Å². The van der Waals surface area contributed by atoms with E-state index in [1.54, 1.807) is 23.1 Å². The number of aliphatic carboxylic acids is 1. The topological polar surface area (TPSA) is 105 Å². The third kappa shape index (κ3) is 6.70. The van der Waals surface area contributed by atoms with Crippen molar-refractivity contribution in [3.05, 3.63) is 94.1 Å². The van der Waals surface area contributed by atoms with Crippen LogP contribution >= 0.6 is 11.6 Å². The third-order valence-electron chi connectivity index (χ3n) is 7.61. The summed E-state index contributed by atoms with van der Waals surface area (Å²) >= 11 is 6.02. The first-order valence-corrected chi connectivity index (χ1v) is 14.7. The number of hydrogen-bond acceptors (Lipinski definition) is 6. The molecule has 0 fully saturated rings. The molecule has 1 amide bonds.